The minimum Gasteiger partial charge on any atom is -0.309 e. The van der Waals surface area contributed by atoms with Gasteiger partial charge in [-0.05, 0) is 37.3 Å². The molecule has 0 aromatic carbocycles. The number of carbonyl (C=O) groups is 1. The molecule has 5 heteroatoms. The first-order valence-electron chi connectivity index (χ1n) is 8.77. The van der Waals surface area contributed by atoms with Gasteiger partial charge in [-0.1, -0.05) is 31.6 Å². The molecule has 1 fully saturated rings. The molecule has 0 saturated heterocycles. The zero-order chi connectivity index (χ0) is 18.0. The standard InChI is InChI=1S/C20H26N4O/c1-14(2)13-16-18(20(16,3)4)19(25)22-17-9-12-24(23-17)11-8-15-7-5-6-10-21-15/h5-7,9-10,12-13,16,18H,8,11H2,1-4H3,(H,22,23,25)/t16-,18+/m1/s1. The average Bonchev–Trinajstić information content (AvgIpc) is 2.90. The molecule has 0 radical (unpaired) electrons. The second kappa shape index (κ2) is 6.82. The van der Waals surface area contributed by atoms with Gasteiger partial charge >= 0.3 is 0 Å². The molecule has 132 valence electrons. The molecule has 1 saturated carbocycles. The van der Waals surface area contributed by atoms with E-state index < -0.39 is 0 Å². The second-order valence-corrected chi connectivity index (χ2v) is 7.59. The molecule has 2 aromatic heterocycles. The van der Waals surface area contributed by atoms with E-state index in [1.165, 1.54) is 5.57 Å². The molecule has 1 amide bonds. The van der Waals surface area contributed by atoms with Crippen LogP contribution in [0.15, 0.2) is 48.3 Å². The fourth-order valence-electron chi connectivity index (χ4n) is 3.38. The van der Waals surface area contributed by atoms with E-state index in [1.807, 2.05) is 35.1 Å². The van der Waals surface area contributed by atoms with E-state index in [1.54, 1.807) is 6.20 Å². The minimum absolute atomic E-state index is 0.0149. The maximum atomic E-state index is 12.6. The first-order valence-corrected chi connectivity index (χ1v) is 8.77. The first-order chi connectivity index (χ1) is 11.9. The molecule has 2 atom stereocenters. The van der Waals surface area contributed by atoms with E-state index in [9.17, 15) is 4.79 Å². The lowest BCUT2D eigenvalue weighted by Gasteiger charge is -2.04. The van der Waals surface area contributed by atoms with Gasteiger partial charge in [0, 0.05) is 37.1 Å². The number of anilines is 1. The van der Waals surface area contributed by atoms with Gasteiger partial charge in [0.05, 0.1) is 5.92 Å². The number of hydrogen-bond donors (Lipinski definition) is 1. The summed E-state index contributed by atoms with van der Waals surface area (Å²) < 4.78 is 1.84. The molecule has 1 N–H and O–H groups in total. The van der Waals surface area contributed by atoms with Crippen molar-refractivity contribution in [1.82, 2.24) is 14.8 Å². The van der Waals surface area contributed by atoms with Crippen LogP contribution in [0.1, 0.15) is 33.4 Å². The highest BCUT2D eigenvalue weighted by molar-refractivity contribution is 5.95. The molecule has 0 unspecified atom stereocenters. The molecule has 25 heavy (non-hydrogen) atoms. The van der Waals surface area contributed by atoms with Crippen molar-refractivity contribution in [2.24, 2.45) is 17.3 Å². The van der Waals surface area contributed by atoms with Crippen LogP contribution in [0.25, 0.3) is 0 Å². The molecular formula is C20H26N4O. The maximum absolute atomic E-state index is 12.6. The second-order valence-electron chi connectivity index (χ2n) is 7.59. The van der Waals surface area contributed by atoms with E-state index in [0.717, 1.165) is 18.7 Å². The first kappa shape index (κ1) is 17.4. The third kappa shape index (κ3) is 3.98. The van der Waals surface area contributed by atoms with Crippen LogP contribution in [0, 0.1) is 17.3 Å². The van der Waals surface area contributed by atoms with Crippen molar-refractivity contribution < 1.29 is 4.79 Å². The van der Waals surface area contributed by atoms with E-state index >= 15 is 0 Å². The number of hydrogen-bond acceptors (Lipinski definition) is 3. The Labute approximate surface area is 149 Å². The summed E-state index contributed by atoms with van der Waals surface area (Å²) in [5.41, 5.74) is 2.31. The van der Waals surface area contributed by atoms with E-state index in [4.69, 9.17) is 0 Å². The van der Waals surface area contributed by atoms with Crippen LogP contribution < -0.4 is 5.32 Å². The summed E-state index contributed by atoms with van der Waals surface area (Å²) in [5, 5.41) is 7.42. The summed E-state index contributed by atoms with van der Waals surface area (Å²) in [6, 6.07) is 7.75. The van der Waals surface area contributed by atoms with Gasteiger partial charge in [-0.2, -0.15) is 5.10 Å². The fourth-order valence-corrected chi connectivity index (χ4v) is 3.38. The lowest BCUT2D eigenvalue weighted by Crippen LogP contribution is -2.17. The molecule has 1 aliphatic rings. The SMILES string of the molecule is CC(C)=C[C@@H]1[C@@H](C(=O)Nc2ccn(CCc3ccccn3)n2)C1(C)C. The van der Waals surface area contributed by atoms with Crippen molar-refractivity contribution in [3.63, 3.8) is 0 Å². The molecular weight excluding hydrogens is 312 g/mol. The van der Waals surface area contributed by atoms with Crippen LogP contribution in [0.4, 0.5) is 5.82 Å². The Bertz CT molecular complexity index is 772. The number of allylic oxidation sites excluding steroid dienone is 2. The van der Waals surface area contributed by atoms with Crippen molar-refractivity contribution >= 4 is 11.7 Å². The number of aromatic nitrogens is 3. The van der Waals surface area contributed by atoms with Gasteiger partial charge in [0.1, 0.15) is 0 Å². The van der Waals surface area contributed by atoms with Gasteiger partial charge in [0.15, 0.2) is 5.82 Å². The smallest absolute Gasteiger partial charge is 0.229 e. The monoisotopic (exact) mass is 338 g/mol. The fraction of sp³-hybridized carbons (Fsp3) is 0.450. The Hall–Kier alpha value is -2.43. The lowest BCUT2D eigenvalue weighted by molar-refractivity contribution is -0.118. The quantitative estimate of drug-likeness (QED) is 0.817. The van der Waals surface area contributed by atoms with Crippen LogP contribution in [0.5, 0.6) is 0 Å². The predicted octanol–water partition coefficient (Wildman–Crippen LogP) is 3.70. The van der Waals surface area contributed by atoms with E-state index in [-0.39, 0.29) is 17.2 Å². The van der Waals surface area contributed by atoms with Crippen molar-refractivity contribution in [2.45, 2.75) is 40.7 Å². The van der Waals surface area contributed by atoms with Crippen LogP contribution in [0.2, 0.25) is 0 Å². The van der Waals surface area contributed by atoms with E-state index in [0.29, 0.717) is 11.7 Å². The normalized spacial score (nSPS) is 20.8. The number of pyridine rings is 1. The lowest BCUT2D eigenvalue weighted by atomic mass is 10.1. The Balaban J connectivity index is 1.56. The van der Waals surface area contributed by atoms with Crippen molar-refractivity contribution in [1.29, 1.82) is 0 Å². The highest BCUT2D eigenvalue weighted by Crippen LogP contribution is 2.59. The zero-order valence-corrected chi connectivity index (χ0v) is 15.4. The summed E-state index contributed by atoms with van der Waals surface area (Å²) in [6.07, 6.45) is 6.71. The number of nitrogens with one attached hydrogen (secondary N) is 1. The Kier molecular flexibility index (Phi) is 4.75. The van der Waals surface area contributed by atoms with Crippen LogP contribution in [-0.4, -0.2) is 20.7 Å². The number of nitrogens with zero attached hydrogens (tertiary/aromatic N) is 3. The van der Waals surface area contributed by atoms with Crippen molar-refractivity contribution in [2.75, 3.05) is 5.32 Å². The van der Waals surface area contributed by atoms with Gasteiger partial charge in [0.2, 0.25) is 5.91 Å². The summed E-state index contributed by atoms with van der Waals surface area (Å²) in [5.74, 6) is 0.997. The topological polar surface area (TPSA) is 59.8 Å². The molecule has 5 nitrogen and oxygen atoms in total. The van der Waals surface area contributed by atoms with Gasteiger partial charge in [-0.25, -0.2) is 0 Å². The summed E-state index contributed by atoms with van der Waals surface area (Å²) in [6.45, 7) is 9.18. The summed E-state index contributed by atoms with van der Waals surface area (Å²) in [7, 11) is 0. The highest BCUT2D eigenvalue weighted by atomic mass is 16.2. The largest absolute Gasteiger partial charge is 0.309 e. The summed E-state index contributed by atoms with van der Waals surface area (Å²) in [4.78, 5) is 16.9. The number of aryl methyl sites for hydroxylation is 2. The Morgan fingerprint density at radius 1 is 1.32 bits per heavy atom. The Morgan fingerprint density at radius 3 is 2.80 bits per heavy atom. The summed E-state index contributed by atoms with van der Waals surface area (Å²) >= 11 is 0. The van der Waals surface area contributed by atoms with Gasteiger partial charge in [0.25, 0.3) is 0 Å². The molecule has 2 heterocycles. The van der Waals surface area contributed by atoms with Gasteiger partial charge < -0.3 is 5.32 Å². The van der Waals surface area contributed by atoms with Gasteiger partial charge in [-0.3, -0.25) is 14.5 Å². The highest BCUT2D eigenvalue weighted by Gasteiger charge is 2.60. The average molecular weight is 338 g/mol. The van der Waals surface area contributed by atoms with Crippen molar-refractivity contribution in [3.05, 3.63) is 54.0 Å². The Morgan fingerprint density at radius 2 is 2.12 bits per heavy atom. The molecule has 2 aromatic rings. The third-order valence-corrected chi connectivity index (χ3v) is 4.92. The number of carbonyl (C=O) groups excluding carboxylic acids is 1. The van der Waals surface area contributed by atoms with Crippen LogP contribution in [-0.2, 0) is 17.8 Å². The maximum Gasteiger partial charge on any atom is 0.229 e. The number of amides is 1. The molecule has 0 bridgehead atoms. The molecule has 0 aliphatic heterocycles. The van der Waals surface area contributed by atoms with Crippen molar-refractivity contribution in [3.8, 4) is 0 Å². The predicted molar refractivity (Wildman–Crippen MR) is 99.0 cm³/mol. The van der Waals surface area contributed by atoms with Crippen LogP contribution >= 0.6 is 0 Å². The molecule has 1 aliphatic carbocycles. The number of rotatable bonds is 6. The molecule has 0 spiro atoms. The minimum atomic E-state index is 0.0149. The third-order valence-electron chi connectivity index (χ3n) is 4.92. The van der Waals surface area contributed by atoms with E-state index in [2.05, 4.69) is 49.2 Å². The van der Waals surface area contributed by atoms with Crippen LogP contribution in [0.3, 0.4) is 0 Å². The zero-order valence-electron chi connectivity index (χ0n) is 15.4. The molecule has 3 rings (SSSR count). The van der Waals surface area contributed by atoms with Gasteiger partial charge in [-0.15, -0.1) is 0 Å².